The topological polar surface area (TPSA) is 66.8 Å². The van der Waals surface area contributed by atoms with Crippen molar-refractivity contribution >= 4 is 11.9 Å². The number of methoxy groups -OCH3 is 1. The number of piperidine rings is 1. The first-order valence-electron chi connectivity index (χ1n) is 10.0. The fourth-order valence-electron chi connectivity index (χ4n) is 3.34. The summed E-state index contributed by atoms with van der Waals surface area (Å²) in [6.45, 7) is 0.556. The lowest BCUT2D eigenvalue weighted by Gasteiger charge is -2.33. The van der Waals surface area contributed by atoms with Crippen molar-refractivity contribution in [2.45, 2.75) is 57.1 Å². The summed E-state index contributed by atoms with van der Waals surface area (Å²) in [6, 6.07) is 9.90. The van der Waals surface area contributed by atoms with Gasteiger partial charge in [0.2, 0.25) is 5.91 Å². The number of aliphatic hydroxyl groups is 1. The van der Waals surface area contributed by atoms with Crippen LogP contribution >= 0.6 is 0 Å². The number of aliphatic hydroxyl groups excluding tert-OH is 1. The van der Waals surface area contributed by atoms with E-state index in [2.05, 4.69) is 4.74 Å². The number of likely N-dealkylation sites (tertiary alicyclic amines) is 1. The van der Waals surface area contributed by atoms with Crippen molar-refractivity contribution in [2.24, 2.45) is 0 Å². The molecule has 0 aliphatic carbocycles. The molecule has 1 saturated heterocycles. The Hall–Kier alpha value is -2.40. The molecule has 1 amide bonds. The Morgan fingerprint density at radius 3 is 2.86 bits per heavy atom. The third-order valence-electron chi connectivity index (χ3n) is 4.90. The van der Waals surface area contributed by atoms with E-state index in [1.54, 1.807) is 0 Å². The number of allylic oxidation sites excluding steroid dienone is 1. The molecule has 2 rings (SSSR count). The summed E-state index contributed by atoms with van der Waals surface area (Å²) in [5.74, 6) is -0.0449. The first-order chi connectivity index (χ1) is 13.6. The summed E-state index contributed by atoms with van der Waals surface area (Å²) < 4.78 is 4.62. The standard InChI is InChI=1S/C23H31NO4/c1-28-23(27)14-7-2-3-8-17-24-20(12-9-13-22(24)26)15-16-21(25)18-19-10-5-4-6-11-19/h3-6,8,10-11,15-16,20-21,25H,2,7,9,12-14,17-18H2,1H3/t20?,21-/m0/s1. The molecule has 1 aromatic rings. The minimum Gasteiger partial charge on any atom is -0.469 e. The van der Waals surface area contributed by atoms with E-state index in [0.717, 1.165) is 31.2 Å². The molecule has 1 unspecified atom stereocenters. The molecule has 5 heteroatoms. The van der Waals surface area contributed by atoms with Crippen LogP contribution < -0.4 is 0 Å². The lowest BCUT2D eigenvalue weighted by atomic mass is 9.99. The molecule has 2 atom stereocenters. The van der Waals surface area contributed by atoms with Crippen molar-refractivity contribution in [3.8, 4) is 0 Å². The van der Waals surface area contributed by atoms with E-state index in [4.69, 9.17) is 0 Å². The monoisotopic (exact) mass is 385 g/mol. The smallest absolute Gasteiger partial charge is 0.305 e. The van der Waals surface area contributed by atoms with Crippen LogP contribution in [0.5, 0.6) is 0 Å². The van der Waals surface area contributed by atoms with E-state index in [1.165, 1.54) is 7.11 Å². The molecule has 0 bridgehead atoms. The van der Waals surface area contributed by atoms with E-state index in [0.29, 0.717) is 25.8 Å². The van der Waals surface area contributed by atoms with Crippen molar-refractivity contribution in [3.63, 3.8) is 0 Å². The Balaban J connectivity index is 1.83. The average molecular weight is 386 g/mol. The molecular formula is C23H31NO4. The highest BCUT2D eigenvalue weighted by molar-refractivity contribution is 5.77. The predicted octanol–water partition coefficient (Wildman–Crippen LogP) is 3.43. The summed E-state index contributed by atoms with van der Waals surface area (Å²) in [6.07, 6.45) is 12.1. The predicted molar refractivity (Wildman–Crippen MR) is 110 cm³/mol. The van der Waals surface area contributed by atoms with E-state index >= 15 is 0 Å². The Morgan fingerprint density at radius 1 is 1.32 bits per heavy atom. The van der Waals surface area contributed by atoms with Crippen molar-refractivity contribution in [1.29, 1.82) is 0 Å². The molecule has 1 aromatic carbocycles. The molecular weight excluding hydrogens is 354 g/mol. The van der Waals surface area contributed by atoms with Gasteiger partial charge in [-0.15, -0.1) is 0 Å². The second-order valence-corrected chi connectivity index (χ2v) is 7.09. The quantitative estimate of drug-likeness (QED) is 0.381. The molecule has 0 aromatic heterocycles. The highest BCUT2D eigenvalue weighted by Crippen LogP contribution is 2.20. The van der Waals surface area contributed by atoms with Crippen LogP contribution in [0.15, 0.2) is 54.6 Å². The number of amides is 1. The zero-order valence-electron chi connectivity index (χ0n) is 16.6. The van der Waals surface area contributed by atoms with E-state index in [-0.39, 0.29) is 17.9 Å². The number of unbranched alkanes of at least 4 members (excludes halogenated alkanes) is 1. The van der Waals surface area contributed by atoms with Gasteiger partial charge in [0, 0.05) is 25.8 Å². The number of carbonyl (C=O) groups is 2. The summed E-state index contributed by atoms with van der Waals surface area (Å²) in [4.78, 5) is 25.3. The van der Waals surface area contributed by atoms with Gasteiger partial charge in [0.05, 0.1) is 19.3 Å². The SMILES string of the molecule is COC(=O)CCCC=CCN1C(=O)CCCC1C=C[C@H](O)Cc1ccccc1. The van der Waals surface area contributed by atoms with Crippen LogP contribution in [-0.4, -0.2) is 47.7 Å². The second-order valence-electron chi connectivity index (χ2n) is 7.09. The van der Waals surface area contributed by atoms with Gasteiger partial charge in [-0.3, -0.25) is 9.59 Å². The molecule has 28 heavy (non-hydrogen) atoms. The summed E-state index contributed by atoms with van der Waals surface area (Å²) in [5, 5.41) is 10.3. The Bertz CT molecular complexity index is 668. The molecule has 1 aliphatic rings. The van der Waals surface area contributed by atoms with Gasteiger partial charge < -0.3 is 14.7 Å². The summed E-state index contributed by atoms with van der Waals surface area (Å²) in [5.41, 5.74) is 1.09. The molecule has 0 saturated carbocycles. The van der Waals surface area contributed by atoms with Gasteiger partial charge in [0.1, 0.15) is 0 Å². The third kappa shape index (κ3) is 7.69. The highest BCUT2D eigenvalue weighted by Gasteiger charge is 2.25. The highest BCUT2D eigenvalue weighted by atomic mass is 16.5. The van der Waals surface area contributed by atoms with Crippen LogP contribution in [0.25, 0.3) is 0 Å². The van der Waals surface area contributed by atoms with Gasteiger partial charge in [0.15, 0.2) is 0 Å². The largest absolute Gasteiger partial charge is 0.469 e. The van der Waals surface area contributed by atoms with E-state index < -0.39 is 6.10 Å². The van der Waals surface area contributed by atoms with Gasteiger partial charge in [-0.1, -0.05) is 54.6 Å². The first-order valence-corrected chi connectivity index (χ1v) is 10.0. The molecule has 0 radical (unpaired) electrons. The summed E-state index contributed by atoms with van der Waals surface area (Å²) >= 11 is 0. The summed E-state index contributed by atoms with van der Waals surface area (Å²) in [7, 11) is 1.39. The maximum absolute atomic E-state index is 12.3. The van der Waals surface area contributed by atoms with Crippen LogP contribution in [0.4, 0.5) is 0 Å². The Labute approximate surface area is 167 Å². The van der Waals surface area contributed by atoms with Gasteiger partial charge in [-0.05, 0) is 31.2 Å². The Morgan fingerprint density at radius 2 is 2.11 bits per heavy atom. The van der Waals surface area contributed by atoms with Crippen molar-refractivity contribution in [2.75, 3.05) is 13.7 Å². The van der Waals surface area contributed by atoms with Crippen molar-refractivity contribution in [3.05, 3.63) is 60.2 Å². The van der Waals surface area contributed by atoms with Gasteiger partial charge in [0.25, 0.3) is 0 Å². The fraction of sp³-hybridized carbons (Fsp3) is 0.478. The number of benzene rings is 1. The normalized spacial score (nSPS) is 18.7. The number of hydrogen-bond donors (Lipinski definition) is 1. The lowest BCUT2D eigenvalue weighted by molar-refractivity contribution is -0.140. The Kier molecular flexibility index (Phi) is 9.49. The maximum Gasteiger partial charge on any atom is 0.305 e. The van der Waals surface area contributed by atoms with Crippen molar-refractivity contribution in [1.82, 2.24) is 4.90 Å². The van der Waals surface area contributed by atoms with Gasteiger partial charge >= 0.3 is 5.97 Å². The molecule has 1 N–H and O–H groups in total. The van der Waals surface area contributed by atoms with E-state index in [9.17, 15) is 14.7 Å². The molecule has 1 fully saturated rings. The maximum atomic E-state index is 12.3. The fourth-order valence-corrected chi connectivity index (χ4v) is 3.34. The number of ether oxygens (including phenoxy) is 1. The van der Waals surface area contributed by atoms with Crippen LogP contribution in [0.2, 0.25) is 0 Å². The molecule has 1 heterocycles. The van der Waals surface area contributed by atoms with Crippen LogP contribution in [0, 0.1) is 0 Å². The van der Waals surface area contributed by atoms with Gasteiger partial charge in [-0.25, -0.2) is 0 Å². The average Bonchev–Trinajstić information content (AvgIpc) is 2.70. The number of carbonyl (C=O) groups excluding carboxylic acids is 2. The first kappa shape index (κ1) is 21.9. The third-order valence-corrected chi connectivity index (χ3v) is 4.90. The second kappa shape index (κ2) is 12.1. The molecule has 152 valence electrons. The zero-order chi connectivity index (χ0) is 20.2. The molecule has 0 spiro atoms. The van der Waals surface area contributed by atoms with E-state index in [1.807, 2.05) is 59.5 Å². The van der Waals surface area contributed by atoms with Crippen LogP contribution in [0.3, 0.4) is 0 Å². The molecule has 5 nitrogen and oxygen atoms in total. The molecule has 1 aliphatic heterocycles. The number of esters is 1. The van der Waals surface area contributed by atoms with Crippen molar-refractivity contribution < 1.29 is 19.4 Å². The minimum atomic E-state index is -0.560. The van der Waals surface area contributed by atoms with Gasteiger partial charge in [-0.2, -0.15) is 0 Å². The number of hydrogen-bond acceptors (Lipinski definition) is 4. The number of nitrogens with zero attached hydrogens (tertiary/aromatic N) is 1. The number of rotatable bonds is 10. The van der Waals surface area contributed by atoms with Crippen LogP contribution in [-0.2, 0) is 20.7 Å². The van der Waals surface area contributed by atoms with Crippen LogP contribution in [0.1, 0.15) is 44.1 Å². The lowest BCUT2D eigenvalue weighted by Crippen LogP contribution is -2.42. The zero-order valence-corrected chi connectivity index (χ0v) is 16.6. The minimum absolute atomic E-state index is 0.0198.